The third kappa shape index (κ3) is 5.01. The highest BCUT2D eigenvalue weighted by Gasteiger charge is 2.59. The molecular weight excluding hydrogens is 440 g/mol. The van der Waals surface area contributed by atoms with Crippen LogP contribution < -0.4 is 0 Å². The Balaban J connectivity index is 1.47. The molecule has 0 saturated heterocycles. The Labute approximate surface area is 223 Å². The predicted molar refractivity (Wildman–Crippen MR) is 151 cm³/mol. The van der Waals surface area contributed by atoms with E-state index in [0.29, 0.717) is 22.7 Å². The van der Waals surface area contributed by atoms with Gasteiger partial charge in [0.15, 0.2) is 0 Å². The third-order valence-corrected chi connectivity index (χ3v) is 11.6. The lowest BCUT2D eigenvalue weighted by molar-refractivity contribution is -0.161. The Bertz CT molecular complexity index is 859. The fourth-order valence-electron chi connectivity index (χ4n) is 9.24. The van der Waals surface area contributed by atoms with Crippen LogP contribution >= 0.6 is 0 Å². The molecule has 0 N–H and O–H groups in total. The number of ether oxygens (including phenoxy) is 1. The van der Waals surface area contributed by atoms with Crippen molar-refractivity contribution < 1.29 is 9.53 Å². The molecule has 0 aromatic rings. The van der Waals surface area contributed by atoms with Crippen LogP contribution in [0.25, 0.3) is 0 Å². The topological polar surface area (TPSA) is 26.3 Å². The molecule has 1 unspecified atom stereocenters. The molecule has 0 aromatic carbocycles. The molecule has 0 heterocycles. The van der Waals surface area contributed by atoms with E-state index in [0.717, 1.165) is 42.4 Å². The molecule has 0 amide bonds. The molecule has 0 aliphatic heterocycles. The van der Waals surface area contributed by atoms with E-state index >= 15 is 0 Å². The van der Waals surface area contributed by atoms with Crippen molar-refractivity contribution in [2.45, 2.75) is 126 Å². The number of esters is 1. The lowest BCUT2D eigenvalue weighted by Crippen LogP contribution is -2.51. The van der Waals surface area contributed by atoms with Gasteiger partial charge < -0.3 is 4.74 Å². The number of hydrogen-bond acceptors (Lipinski definition) is 2. The molecule has 36 heavy (non-hydrogen) atoms. The lowest BCUT2D eigenvalue weighted by Gasteiger charge is -2.58. The van der Waals surface area contributed by atoms with Crippen molar-refractivity contribution in [2.24, 2.45) is 57.7 Å². The minimum Gasteiger partial charge on any atom is -0.462 e. The molecule has 3 saturated carbocycles. The van der Waals surface area contributed by atoms with Gasteiger partial charge in [-0.25, -0.2) is 0 Å². The zero-order valence-electron chi connectivity index (χ0n) is 25.0. The predicted octanol–water partition coefficient (Wildman–Crippen LogP) is 9.40. The average Bonchev–Trinajstić information content (AvgIpc) is 3.16. The number of carbonyl (C=O) groups is 1. The molecule has 4 rings (SSSR count). The van der Waals surface area contributed by atoms with E-state index in [1.54, 1.807) is 5.57 Å². The summed E-state index contributed by atoms with van der Waals surface area (Å²) in [5.74, 6) is 5.44. The van der Waals surface area contributed by atoms with Crippen LogP contribution in [0.2, 0.25) is 0 Å². The van der Waals surface area contributed by atoms with Gasteiger partial charge in [0.2, 0.25) is 0 Å². The van der Waals surface area contributed by atoms with Gasteiger partial charge in [-0.2, -0.15) is 0 Å². The van der Waals surface area contributed by atoms with Crippen LogP contribution in [0.5, 0.6) is 0 Å². The van der Waals surface area contributed by atoms with E-state index in [2.05, 4.69) is 59.8 Å². The molecule has 0 radical (unpaired) electrons. The first kappa shape index (κ1) is 28.0. The van der Waals surface area contributed by atoms with E-state index in [9.17, 15) is 4.79 Å². The SMILES string of the molecule is CC[C@H](/C=C/[C@@H](C)[C@H]1CC[C@H]2[C@@H]3CC=C4CC(OC(=O)C(C)(C)C)CC[C@]4(C)[C@H]3CC[C@]12C)C(C)C. The summed E-state index contributed by atoms with van der Waals surface area (Å²) in [5, 5.41) is 0. The highest BCUT2D eigenvalue weighted by atomic mass is 16.5. The summed E-state index contributed by atoms with van der Waals surface area (Å²) in [6, 6.07) is 0. The van der Waals surface area contributed by atoms with E-state index in [4.69, 9.17) is 4.74 Å². The van der Waals surface area contributed by atoms with Gasteiger partial charge >= 0.3 is 5.97 Å². The molecule has 4 aliphatic carbocycles. The fourth-order valence-corrected chi connectivity index (χ4v) is 9.24. The molecule has 2 nitrogen and oxygen atoms in total. The van der Waals surface area contributed by atoms with Gasteiger partial charge in [0.1, 0.15) is 6.10 Å². The van der Waals surface area contributed by atoms with Gasteiger partial charge in [-0.1, -0.05) is 65.3 Å². The fraction of sp³-hybridized carbons (Fsp3) is 0.853. The molecule has 0 bridgehead atoms. The summed E-state index contributed by atoms with van der Waals surface area (Å²) >= 11 is 0. The maximum atomic E-state index is 12.5. The van der Waals surface area contributed by atoms with Crippen LogP contribution in [-0.4, -0.2) is 12.1 Å². The monoisotopic (exact) mass is 496 g/mol. The first-order chi connectivity index (χ1) is 16.8. The van der Waals surface area contributed by atoms with Crippen LogP contribution in [0.4, 0.5) is 0 Å². The zero-order valence-corrected chi connectivity index (χ0v) is 25.0. The molecule has 0 aromatic heterocycles. The van der Waals surface area contributed by atoms with Gasteiger partial charge in [-0.05, 0) is 124 Å². The first-order valence-electron chi connectivity index (χ1n) is 15.4. The minimum absolute atomic E-state index is 0.0439. The average molecular weight is 497 g/mol. The second-order valence-electron chi connectivity index (χ2n) is 15.1. The molecule has 204 valence electrons. The van der Waals surface area contributed by atoms with Crippen molar-refractivity contribution in [1.82, 2.24) is 0 Å². The van der Waals surface area contributed by atoms with Gasteiger partial charge in [-0.15, -0.1) is 0 Å². The normalized spacial score (nSPS) is 40.3. The Morgan fingerprint density at radius 2 is 1.78 bits per heavy atom. The van der Waals surface area contributed by atoms with Crippen LogP contribution in [0.1, 0.15) is 120 Å². The van der Waals surface area contributed by atoms with Crippen molar-refractivity contribution in [3.8, 4) is 0 Å². The lowest BCUT2D eigenvalue weighted by atomic mass is 9.47. The van der Waals surface area contributed by atoms with E-state index in [1.165, 1.54) is 44.9 Å². The summed E-state index contributed by atoms with van der Waals surface area (Å²) in [6.45, 7) is 20.7. The van der Waals surface area contributed by atoms with Crippen LogP contribution in [0, 0.1) is 57.7 Å². The van der Waals surface area contributed by atoms with Crippen LogP contribution in [0.3, 0.4) is 0 Å². The van der Waals surface area contributed by atoms with E-state index < -0.39 is 5.41 Å². The molecule has 9 atom stereocenters. The number of allylic oxidation sites excluding steroid dienone is 3. The third-order valence-electron chi connectivity index (χ3n) is 11.6. The van der Waals surface area contributed by atoms with Crippen molar-refractivity contribution >= 4 is 5.97 Å². The molecule has 4 aliphatic rings. The first-order valence-corrected chi connectivity index (χ1v) is 15.4. The van der Waals surface area contributed by atoms with Crippen molar-refractivity contribution in [3.63, 3.8) is 0 Å². The minimum atomic E-state index is -0.418. The largest absolute Gasteiger partial charge is 0.462 e. The Morgan fingerprint density at radius 3 is 2.42 bits per heavy atom. The van der Waals surface area contributed by atoms with Gasteiger partial charge in [0.05, 0.1) is 5.41 Å². The second kappa shape index (κ2) is 10.3. The highest BCUT2D eigenvalue weighted by molar-refractivity contribution is 5.75. The van der Waals surface area contributed by atoms with Gasteiger partial charge in [0.25, 0.3) is 0 Å². The van der Waals surface area contributed by atoms with Gasteiger partial charge in [-0.3, -0.25) is 4.79 Å². The summed E-state index contributed by atoms with van der Waals surface area (Å²) in [4.78, 5) is 12.5. The summed E-state index contributed by atoms with van der Waals surface area (Å²) < 4.78 is 5.99. The summed E-state index contributed by atoms with van der Waals surface area (Å²) in [7, 11) is 0. The standard InChI is InChI=1S/C34H56O2/c1-10-24(22(2)3)12-11-23(4)28-15-16-29-27-14-13-25-21-26(36-31(35)32(5,6)7)17-19-33(25,8)30(27)18-20-34(28,29)9/h11-13,22-24,26-30H,10,14-21H2,1-9H3/b12-11+/t23-,24-,26?,27+,28-,29+,30+,33+,34-/m1/s1. The van der Waals surface area contributed by atoms with E-state index in [-0.39, 0.29) is 12.1 Å². The maximum absolute atomic E-state index is 12.5. The number of fused-ring (bicyclic) bond motifs is 5. The zero-order chi connectivity index (χ0) is 26.5. The van der Waals surface area contributed by atoms with Gasteiger partial charge in [0, 0.05) is 6.42 Å². The molecule has 0 spiro atoms. The smallest absolute Gasteiger partial charge is 0.311 e. The van der Waals surface area contributed by atoms with E-state index in [1.807, 2.05) is 20.8 Å². The Hall–Kier alpha value is -1.05. The Kier molecular flexibility index (Phi) is 7.97. The van der Waals surface area contributed by atoms with Crippen molar-refractivity contribution in [2.75, 3.05) is 0 Å². The number of hydrogen-bond donors (Lipinski definition) is 0. The molecule has 2 heteroatoms. The second-order valence-corrected chi connectivity index (χ2v) is 15.1. The summed E-state index contributed by atoms with van der Waals surface area (Å²) in [5.41, 5.74) is 1.99. The molecular formula is C34H56O2. The maximum Gasteiger partial charge on any atom is 0.311 e. The highest BCUT2D eigenvalue weighted by Crippen LogP contribution is 2.67. The quantitative estimate of drug-likeness (QED) is 0.270. The van der Waals surface area contributed by atoms with Crippen LogP contribution in [-0.2, 0) is 9.53 Å². The number of carbonyl (C=O) groups excluding carboxylic acids is 1. The van der Waals surface area contributed by atoms with Crippen LogP contribution in [0.15, 0.2) is 23.8 Å². The Morgan fingerprint density at radius 1 is 1.06 bits per heavy atom. The van der Waals surface area contributed by atoms with Crippen molar-refractivity contribution in [3.05, 3.63) is 23.8 Å². The summed E-state index contributed by atoms with van der Waals surface area (Å²) in [6.07, 6.45) is 19.1. The number of rotatable bonds is 6. The van der Waals surface area contributed by atoms with Crippen molar-refractivity contribution in [1.29, 1.82) is 0 Å². The molecule has 3 fully saturated rings.